The van der Waals surface area contributed by atoms with E-state index in [4.69, 9.17) is 0 Å². The predicted octanol–water partition coefficient (Wildman–Crippen LogP) is 4.10. The molecule has 0 aliphatic carbocycles. The van der Waals surface area contributed by atoms with E-state index < -0.39 is 16.1 Å². The molecule has 7 heteroatoms. The van der Waals surface area contributed by atoms with Crippen molar-refractivity contribution in [2.45, 2.75) is 5.37 Å². The van der Waals surface area contributed by atoms with E-state index in [1.54, 1.807) is 28.6 Å². The van der Waals surface area contributed by atoms with Crippen molar-refractivity contribution in [1.29, 1.82) is 0 Å². The molecule has 0 saturated carbocycles. The van der Waals surface area contributed by atoms with Crippen molar-refractivity contribution in [3.8, 4) is 0 Å². The first kappa shape index (κ1) is 15.1. The van der Waals surface area contributed by atoms with Gasteiger partial charge < -0.3 is 4.55 Å². The fourth-order valence-electron chi connectivity index (χ4n) is 2.33. The number of non-ortho nitro benzene ring substituents is 1. The molecule has 0 amide bonds. The topological polar surface area (TPSA) is 69.4 Å². The number of nitro benzene ring substituents is 1. The number of nitro groups is 1. The minimum absolute atomic E-state index is 0.0107. The lowest BCUT2D eigenvalue weighted by Crippen LogP contribution is -2.23. The third-order valence-electron chi connectivity index (χ3n) is 3.30. The van der Waals surface area contributed by atoms with Gasteiger partial charge in [0, 0.05) is 33.3 Å². The molecule has 0 fully saturated rings. The molecular formula is C15H11BrN2O3S. The summed E-state index contributed by atoms with van der Waals surface area (Å²) in [6, 6.07) is 13.9. The molecular weight excluding hydrogens is 368 g/mol. The van der Waals surface area contributed by atoms with Gasteiger partial charge in [-0.3, -0.25) is 15.0 Å². The van der Waals surface area contributed by atoms with E-state index in [-0.39, 0.29) is 11.1 Å². The van der Waals surface area contributed by atoms with Crippen LogP contribution in [-0.2, 0) is 11.2 Å². The molecule has 0 spiro atoms. The van der Waals surface area contributed by atoms with Crippen LogP contribution in [0, 0.1) is 10.1 Å². The molecule has 2 atom stereocenters. The summed E-state index contributed by atoms with van der Waals surface area (Å²) in [5, 5.41) is 12.1. The highest BCUT2D eigenvalue weighted by atomic mass is 79.9. The molecule has 0 saturated heterocycles. The second-order valence-electron chi connectivity index (χ2n) is 4.71. The molecule has 0 bridgehead atoms. The molecule has 0 aromatic heterocycles. The van der Waals surface area contributed by atoms with Crippen LogP contribution >= 0.6 is 15.9 Å². The molecule has 3 rings (SSSR count). The summed E-state index contributed by atoms with van der Waals surface area (Å²) in [5.74, 6) is 0. The van der Waals surface area contributed by atoms with Crippen molar-refractivity contribution in [3.05, 3.63) is 80.3 Å². The smallest absolute Gasteiger partial charge is 0.271 e. The van der Waals surface area contributed by atoms with Crippen LogP contribution in [0.5, 0.6) is 0 Å². The van der Waals surface area contributed by atoms with Gasteiger partial charge in [0.05, 0.1) is 16.8 Å². The SMILES string of the molecule is O=[N+]([O-])c1cccc(N2C=C[S+]([O-])C2c2cccc(Br)c2)c1. The van der Waals surface area contributed by atoms with Crippen LogP contribution in [0.25, 0.3) is 0 Å². The van der Waals surface area contributed by atoms with Gasteiger partial charge in [0.25, 0.3) is 5.69 Å². The number of hydrogen-bond donors (Lipinski definition) is 0. The second-order valence-corrected chi connectivity index (χ2v) is 7.00. The van der Waals surface area contributed by atoms with Crippen molar-refractivity contribution in [2.75, 3.05) is 4.90 Å². The molecule has 0 N–H and O–H groups in total. The van der Waals surface area contributed by atoms with Gasteiger partial charge in [-0.1, -0.05) is 34.1 Å². The first-order chi connectivity index (χ1) is 10.6. The Bertz CT molecular complexity index is 753. The van der Waals surface area contributed by atoms with Crippen molar-refractivity contribution in [2.24, 2.45) is 0 Å². The lowest BCUT2D eigenvalue weighted by Gasteiger charge is -2.24. The maximum absolute atomic E-state index is 12.3. The van der Waals surface area contributed by atoms with E-state index >= 15 is 0 Å². The van der Waals surface area contributed by atoms with E-state index in [1.165, 1.54) is 12.1 Å². The Morgan fingerprint density at radius 3 is 2.68 bits per heavy atom. The maximum Gasteiger partial charge on any atom is 0.271 e. The first-order valence-corrected chi connectivity index (χ1v) is 8.49. The summed E-state index contributed by atoms with van der Waals surface area (Å²) in [6.45, 7) is 0. The summed E-state index contributed by atoms with van der Waals surface area (Å²) < 4.78 is 13.2. The quantitative estimate of drug-likeness (QED) is 0.458. The number of benzene rings is 2. The van der Waals surface area contributed by atoms with Crippen LogP contribution in [0.4, 0.5) is 11.4 Å². The van der Waals surface area contributed by atoms with Crippen LogP contribution in [0.15, 0.2) is 64.6 Å². The van der Waals surface area contributed by atoms with Gasteiger partial charge in [0.1, 0.15) is 5.41 Å². The standard InChI is InChI=1S/C15H11BrN2O3S/c16-12-4-1-3-11(9-12)15-17(7-8-22(15)21)13-5-2-6-14(10-13)18(19)20/h1-10,15H. The highest BCUT2D eigenvalue weighted by Crippen LogP contribution is 2.38. The zero-order valence-electron chi connectivity index (χ0n) is 11.3. The van der Waals surface area contributed by atoms with Crippen LogP contribution in [0.1, 0.15) is 10.9 Å². The van der Waals surface area contributed by atoms with Gasteiger partial charge in [-0.05, 0) is 18.2 Å². The molecule has 2 aromatic rings. The van der Waals surface area contributed by atoms with Gasteiger partial charge in [0.15, 0.2) is 0 Å². The molecule has 2 aromatic carbocycles. The number of hydrogen-bond acceptors (Lipinski definition) is 4. The Balaban J connectivity index is 2.00. The fourth-order valence-corrected chi connectivity index (χ4v) is 3.98. The van der Waals surface area contributed by atoms with Crippen LogP contribution in [0.2, 0.25) is 0 Å². The van der Waals surface area contributed by atoms with Gasteiger partial charge in [0.2, 0.25) is 5.37 Å². The number of nitrogens with zero attached hydrogens (tertiary/aromatic N) is 2. The summed E-state index contributed by atoms with van der Waals surface area (Å²) in [6.07, 6.45) is 1.71. The van der Waals surface area contributed by atoms with Gasteiger partial charge in [-0.2, -0.15) is 0 Å². The highest BCUT2D eigenvalue weighted by Gasteiger charge is 2.35. The second kappa shape index (κ2) is 6.12. The fraction of sp³-hybridized carbons (Fsp3) is 0.0667. The van der Waals surface area contributed by atoms with E-state index in [0.717, 1.165) is 10.0 Å². The molecule has 1 aliphatic rings. The van der Waals surface area contributed by atoms with E-state index in [2.05, 4.69) is 15.9 Å². The first-order valence-electron chi connectivity index (χ1n) is 6.42. The summed E-state index contributed by atoms with van der Waals surface area (Å²) in [7, 11) is 0. The Hall–Kier alpha value is -1.83. The van der Waals surface area contributed by atoms with Gasteiger partial charge >= 0.3 is 0 Å². The molecule has 0 radical (unpaired) electrons. The van der Waals surface area contributed by atoms with E-state index in [0.29, 0.717) is 5.69 Å². The van der Waals surface area contributed by atoms with Crippen molar-refractivity contribution < 1.29 is 9.48 Å². The molecule has 2 unspecified atom stereocenters. The normalized spacial score (nSPS) is 20.4. The molecule has 1 aliphatic heterocycles. The monoisotopic (exact) mass is 378 g/mol. The molecule has 22 heavy (non-hydrogen) atoms. The van der Waals surface area contributed by atoms with Gasteiger partial charge in [-0.25, -0.2) is 0 Å². The van der Waals surface area contributed by atoms with Crippen LogP contribution in [0.3, 0.4) is 0 Å². The number of halogens is 1. The largest absolute Gasteiger partial charge is 0.610 e. The summed E-state index contributed by atoms with van der Waals surface area (Å²) in [4.78, 5) is 12.3. The third kappa shape index (κ3) is 2.87. The predicted molar refractivity (Wildman–Crippen MR) is 89.7 cm³/mol. The van der Waals surface area contributed by atoms with Crippen molar-refractivity contribution in [3.63, 3.8) is 0 Å². The maximum atomic E-state index is 12.3. The Labute approximate surface area is 138 Å². The Morgan fingerprint density at radius 1 is 1.18 bits per heavy atom. The van der Waals surface area contributed by atoms with Gasteiger partial charge in [-0.15, -0.1) is 0 Å². The minimum atomic E-state index is -1.21. The minimum Gasteiger partial charge on any atom is -0.610 e. The lowest BCUT2D eigenvalue weighted by molar-refractivity contribution is -0.384. The van der Waals surface area contributed by atoms with Crippen molar-refractivity contribution >= 4 is 38.5 Å². The Kier molecular flexibility index (Phi) is 4.19. The third-order valence-corrected chi connectivity index (χ3v) is 5.12. The van der Waals surface area contributed by atoms with Crippen molar-refractivity contribution in [1.82, 2.24) is 0 Å². The average molecular weight is 379 g/mol. The number of rotatable bonds is 3. The van der Waals surface area contributed by atoms with Crippen LogP contribution < -0.4 is 4.90 Å². The highest BCUT2D eigenvalue weighted by molar-refractivity contribution is 9.10. The van der Waals surface area contributed by atoms with E-state index in [1.807, 2.05) is 24.3 Å². The van der Waals surface area contributed by atoms with Crippen LogP contribution in [-0.4, -0.2) is 9.48 Å². The molecule has 5 nitrogen and oxygen atoms in total. The Morgan fingerprint density at radius 2 is 1.95 bits per heavy atom. The lowest BCUT2D eigenvalue weighted by atomic mass is 10.2. The average Bonchev–Trinajstić information content (AvgIpc) is 2.89. The summed E-state index contributed by atoms with van der Waals surface area (Å²) >= 11 is 2.20. The molecule has 1 heterocycles. The number of anilines is 1. The zero-order valence-corrected chi connectivity index (χ0v) is 13.7. The summed E-state index contributed by atoms with van der Waals surface area (Å²) in [5.41, 5.74) is 1.53. The van der Waals surface area contributed by atoms with E-state index in [9.17, 15) is 14.7 Å². The zero-order chi connectivity index (χ0) is 15.7. The molecule has 112 valence electrons.